The Morgan fingerprint density at radius 3 is 2.47 bits per heavy atom. The van der Waals surface area contributed by atoms with Crippen molar-refractivity contribution >= 4 is 49.0 Å². The predicted octanol–water partition coefficient (Wildman–Crippen LogP) is 7.48. The molecule has 3 heterocycles. The molecule has 1 aliphatic carbocycles. The van der Waals surface area contributed by atoms with Crippen molar-refractivity contribution in [1.29, 1.82) is 0 Å². The van der Waals surface area contributed by atoms with Crippen LogP contribution in [0.3, 0.4) is 0 Å². The molecule has 0 atom stereocenters. The van der Waals surface area contributed by atoms with E-state index in [1.807, 2.05) is 0 Å². The molecule has 1 saturated carbocycles. The second kappa shape index (κ2) is 6.45. The van der Waals surface area contributed by atoms with Crippen LogP contribution in [0.4, 0.5) is 0 Å². The van der Waals surface area contributed by atoms with Crippen molar-refractivity contribution in [2.24, 2.45) is 7.05 Å². The van der Waals surface area contributed by atoms with E-state index in [0.29, 0.717) is 5.92 Å². The maximum absolute atomic E-state index is 2.58. The smallest absolute Gasteiger partial charge is 0.224 e. The molecule has 0 saturated heterocycles. The number of benzene rings is 3. The van der Waals surface area contributed by atoms with Crippen LogP contribution in [0.5, 0.6) is 0 Å². The minimum Gasteiger partial charge on any atom is -0.307 e. The summed E-state index contributed by atoms with van der Waals surface area (Å²) in [5, 5.41) is 6.90. The van der Waals surface area contributed by atoms with Crippen LogP contribution in [0.2, 0.25) is 0 Å². The first-order valence-corrected chi connectivity index (χ1v) is 12.1. The van der Waals surface area contributed by atoms with Crippen LogP contribution in [0, 0.1) is 13.8 Å². The summed E-state index contributed by atoms with van der Waals surface area (Å²) in [7, 11) is 2.20. The largest absolute Gasteiger partial charge is 0.307 e. The standard InChI is InChI=1S/C30H29N2/c1-18-9-11-23-24-12-10-19(2)27-29(24)32(25(23)15-18)26-17-22(20-7-5-4-6-8-20)16-21-13-14-31(3)30(27)28(21)26/h9-17,20H,4-8H2,1-3H3/q+1. The third kappa shape index (κ3) is 2.33. The molecule has 158 valence electrons. The molecule has 0 aliphatic heterocycles. The first-order chi connectivity index (χ1) is 15.6. The maximum atomic E-state index is 2.58. The average molecular weight is 418 g/mol. The van der Waals surface area contributed by atoms with Gasteiger partial charge in [-0.25, -0.2) is 4.57 Å². The normalized spacial score (nSPS) is 15.8. The van der Waals surface area contributed by atoms with Gasteiger partial charge in [0.1, 0.15) is 7.05 Å². The van der Waals surface area contributed by atoms with Gasteiger partial charge >= 0.3 is 0 Å². The van der Waals surface area contributed by atoms with Crippen molar-refractivity contribution in [2.45, 2.75) is 51.9 Å². The second-order valence-corrected chi connectivity index (χ2v) is 10.1. The monoisotopic (exact) mass is 417 g/mol. The maximum Gasteiger partial charge on any atom is 0.224 e. The molecular formula is C30H29N2+. The highest BCUT2D eigenvalue weighted by atomic mass is 15.0. The van der Waals surface area contributed by atoms with Crippen LogP contribution in [-0.4, -0.2) is 4.40 Å². The van der Waals surface area contributed by atoms with Crippen molar-refractivity contribution in [3.8, 4) is 0 Å². The van der Waals surface area contributed by atoms with E-state index in [9.17, 15) is 0 Å². The fourth-order valence-corrected chi connectivity index (χ4v) is 6.52. The molecule has 0 bridgehead atoms. The molecule has 6 aromatic rings. The lowest BCUT2D eigenvalue weighted by molar-refractivity contribution is -0.643. The van der Waals surface area contributed by atoms with Gasteiger partial charge in [-0.1, -0.05) is 49.6 Å². The zero-order valence-corrected chi connectivity index (χ0v) is 19.2. The van der Waals surface area contributed by atoms with Gasteiger partial charge in [-0.2, -0.15) is 0 Å². The van der Waals surface area contributed by atoms with Crippen molar-refractivity contribution in [2.75, 3.05) is 0 Å². The lowest BCUT2D eigenvalue weighted by Crippen LogP contribution is -2.29. The average Bonchev–Trinajstić information content (AvgIpc) is 3.13. The fraction of sp³-hybridized carbons (Fsp3) is 0.300. The Balaban J connectivity index is 1.78. The van der Waals surface area contributed by atoms with Gasteiger partial charge in [0, 0.05) is 16.8 Å². The summed E-state index contributed by atoms with van der Waals surface area (Å²) >= 11 is 0. The zero-order chi connectivity index (χ0) is 21.6. The lowest BCUT2D eigenvalue weighted by atomic mass is 9.83. The summed E-state index contributed by atoms with van der Waals surface area (Å²) in [5.41, 5.74) is 9.65. The molecule has 0 amide bonds. The molecule has 2 heteroatoms. The summed E-state index contributed by atoms with van der Waals surface area (Å²) in [6.07, 6.45) is 9.04. The number of pyridine rings is 2. The summed E-state index contributed by atoms with van der Waals surface area (Å²) in [6.45, 7) is 4.48. The second-order valence-electron chi connectivity index (χ2n) is 10.1. The molecular weight excluding hydrogens is 388 g/mol. The van der Waals surface area contributed by atoms with E-state index in [1.54, 1.807) is 0 Å². The van der Waals surface area contributed by atoms with Gasteiger partial charge in [-0.05, 0) is 66.8 Å². The molecule has 0 N–H and O–H groups in total. The van der Waals surface area contributed by atoms with E-state index < -0.39 is 0 Å². The van der Waals surface area contributed by atoms with Crippen molar-refractivity contribution in [3.05, 3.63) is 71.4 Å². The molecule has 3 aromatic heterocycles. The third-order valence-electron chi connectivity index (χ3n) is 8.09. The molecule has 1 aliphatic rings. The third-order valence-corrected chi connectivity index (χ3v) is 8.09. The number of fused-ring (bicyclic) bond motifs is 5. The summed E-state index contributed by atoms with van der Waals surface area (Å²) in [6, 6.07) is 18.9. The Hall–Kier alpha value is -3.13. The number of rotatable bonds is 1. The summed E-state index contributed by atoms with van der Waals surface area (Å²) in [5.74, 6) is 0.694. The van der Waals surface area contributed by atoms with Crippen molar-refractivity contribution < 1.29 is 4.57 Å². The van der Waals surface area contributed by atoms with Crippen LogP contribution in [0.1, 0.15) is 54.7 Å². The Kier molecular flexibility index (Phi) is 3.72. The highest BCUT2D eigenvalue weighted by Gasteiger charge is 2.25. The number of aryl methyl sites for hydroxylation is 3. The van der Waals surface area contributed by atoms with Crippen molar-refractivity contribution in [3.63, 3.8) is 0 Å². The zero-order valence-electron chi connectivity index (χ0n) is 19.2. The van der Waals surface area contributed by atoms with Gasteiger partial charge in [0.2, 0.25) is 5.52 Å². The Labute approximate surface area is 188 Å². The van der Waals surface area contributed by atoms with Gasteiger partial charge in [0.25, 0.3) is 0 Å². The first-order valence-electron chi connectivity index (χ1n) is 12.1. The number of hydrogen-bond donors (Lipinski definition) is 0. The van der Waals surface area contributed by atoms with Crippen LogP contribution >= 0.6 is 0 Å². The number of nitrogens with zero attached hydrogens (tertiary/aromatic N) is 2. The SMILES string of the molecule is Cc1ccc2c3ccc(C)c4c3n(c2c1)c1cc(C2CCCCC2)cc2cc[n+](C)c4c21. The molecule has 2 nitrogen and oxygen atoms in total. The molecule has 32 heavy (non-hydrogen) atoms. The quantitative estimate of drug-likeness (QED) is 0.149. The van der Waals surface area contributed by atoms with E-state index in [2.05, 4.69) is 84.6 Å². The van der Waals surface area contributed by atoms with Gasteiger partial charge in [-0.15, -0.1) is 0 Å². The predicted molar refractivity (Wildman–Crippen MR) is 135 cm³/mol. The highest BCUT2D eigenvalue weighted by Crippen LogP contribution is 2.43. The van der Waals surface area contributed by atoms with Gasteiger partial charge in [0.15, 0.2) is 6.20 Å². The van der Waals surface area contributed by atoms with Crippen LogP contribution < -0.4 is 4.57 Å². The van der Waals surface area contributed by atoms with E-state index in [0.717, 1.165) is 0 Å². The topological polar surface area (TPSA) is 8.29 Å². The highest BCUT2D eigenvalue weighted by molar-refractivity contribution is 6.25. The Morgan fingerprint density at radius 1 is 0.812 bits per heavy atom. The number of hydrogen-bond acceptors (Lipinski definition) is 0. The minimum atomic E-state index is 0.694. The fourth-order valence-electron chi connectivity index (χ4n) is 6.52. The summed E-state index contributed by atoms with van der Waals surface area (Å²) < 4.78 is 4.92. The van der Waals surface area contributed by atoms with Crippen LogP contribution in [0.15, 0.2) is 54.7 Å². The number of aromatic nitrogens is 2. The molecule has 3 aromatic carbocycles. The minimum absolute atomic E-state index is 0.694. The van der Waals surface area contributed by atoms with Gasteiger partial charge < -0.3 is 4.40 Å². The van der Waals surface area contributed by atoms with Crippen molar-refractivity contribution in [1.82, 2.24) is 4.40 Å². The van der Waals surface area contributed by atoms with E-state index in [1.165, 1.54) is 97.8 Å². The van der Waals surface area contributed by atoms with E-state index in [4.69, 9.17) is 0 Å². The summed E-state index contributed by atoms with van der Waals surface area (Å²) in [4.78, 5) is 0. The van der Waals surface area contributed by atoms with Gasteiger partial charge in [0.05, 0.1) is 27.3 Å². The van der Waals surface area contributed by atoms with Crippen LogP contribution in [-0.2, 0) is 7.05 Å². The molecule has 7 rings (SSSR count). The Bertz CT molecular complexity index is 1680. The molecule has 1 fully saturated rings. The first kappa shape index (κ1) is 18.4. The molecule has 0 radical (unpaired) electrons. The molecule has 0 spiro atoms. The Morgan fingerprint density at radius 2 is 1.62 bits per heavy atom. The van der Waals surface area contributed by atoms with E-state index in [-0.39, 0.29) is 0 Å². The lowest BCUT2D eigenvalue weighted by Gasteiger charge is -2.23. The van der Waals surface area contributed by atoms with Gasteiger partial charge in [-0.3, -0.25) is 0 Å². The molecule has 0 unspecified atom stereocenters. The van der Waals surface area contributed by atoms with Crippen LogP contribution in [0.25, 0.3) is 49.0 Å². The van der Waals surface area contributed by atoms with E-state index >= 15 is 0 Å².